The first-order valence-corrected chi connectivity index (χ1v) is 11.7. The van der Waals surface area contributed by atoms with E-state index in [2.05, 4.69) is 15.2 Å². The van der Waals surface area contributed by atoms with E-state index in [-0.39, 0.29) is 18.5 Å². The second kappa shape index (κ2) is 11.4. The molecular formula is C20H34N4O4S. The van der Waals surface area contributed by atoms with Crippen molar-refractivity contribution in [3.05, 3.63) is 29.8 Å². The topological polar surface area (TPSA) is 83.5 Å². The molecule has 0 saturated carbocycles. The lowest BCUT2D eigenvalue weighted by Gasteiger charge is -2.35. The highest BCUT2D eigenvalue weighted by molar-refractivity contribution is 7.89. The van der Waals surface area contributed by atoms with Gasteiger partial charge in [0.1, 0.15) is 5.75 Å². The third-order valence-electron chi connectivity index (χ3n) is 4.60. The number of piperazine rings is 1. The summed E-state index contributed by atoms with van der Waals surface area (Å²) < 4.78 is 37.4. The highest BCUT2D eigenvalue weighted by Gasteiger charge is 2.27. The van der Waals surface area contributed by atoms with Crippen LogP contribution in [0.15, 0.2) is 29.3 Å². The summed E-state index contributed by atoms with van der Waals surface area (Å²) in [4.78, 5) is 6.44. The number of sulfonamides is 1. The molecule has 0 bridgehead atoms. The van der Waals surface area contributed by atoms with Gasteiger partial charge < -0.3 is 19.7 Å². The van der Waals surface area contributed by atoms with E-state index in [1.165, 1.54) is 0 Å². The van der Waals surface area contributed by atoms with Gasteiger partial charge in [-0.15, -0.1) is 0 Å². The molecule has 0 unspecified atom stereocenters. The Morgan fingerprint density at radius 3 is 2.59 bits per heavy atom. The third kappa shape index (κ3) is 7.49. The summed E-state index contributed by atoms with van der Waals surface area (Å²) in [5.41, 5.74) is 1.10. The summed E-state index contributed by atoms with van der Waals surface area (Å²) in [7, 11) is -1.55. The monoisotopic (exact) mass is 426 g/mol. The van der Waals surface area contributed by atoms with E-state index in [1.807, 2.05) is 45.0 Å². The number of nitrogens with zero attached hydrogens (tertiary/aromatic N) is 3. The van der Waals surface area contributed by atoms with Gasteiger partial charge in [-0.2, -0.15) is 4.31 Å². The van der Waals surface area contributed by atoms with Crippen molar-refractivity contribution in [3.8, 4) is 5.75 Å². The van der Waals surface area contributed by atoms with Gasteiger partial charge >= 0.3 is 0 Å². The first kappa shape index (κ1) is 23.4. The molecule has 0 radical (unpaired) electrons. The molecule has 9 heteroatoms. The second-order valence-corrected chi connectivity index (χ2v) is 9.19. The number of rotatable bonds is 9. The Bertz CT molecular complexity index is 759. The average molecular weight is 427 g/mol. The highest BCUT2D eigenvalue weighted by atomic mass is 32.2. The molecule has 1 aliphatic rings. The first-order valence-electron chi connectivity index (χ1n) is 10.1. The minimum atomic E-state index is -3.29. The van der Waals surface area contributed by atoms with Gasteiger partial charge in [0.15, 0.2) is 5.96 Å². The van der Waals surface area contributed by atoms with Gasteiger partial charge in [0.2, 0.25) is 10.0 Å². The quantitative estimate of drug-likeness (QED) is 0.476. The van der Waals surface area contributed by atoms with Gasteiger partial charge in [-0.1, -0.05) is 12.1 Å². The van der Waals surface area contributed by atoms with Crippen LogP contribution in [0.3, 0.4) is 0 Å². The summed E-state index contributed by atoms with van der Waals surface area (Å²) >= 11 is 0. The number of aliphatic imine (C=N–C) groups is 1. The Balaban J connectivity index is 1.84. The Morgan fingerprint density at radius 1 is 1.24 bits per heavy atom. The summed E-state index contributed by atoms with van der Waals surface area (Å²) in [5.74, 6) is 1.64. The lowest BCUT2D eigenvalue weighted by atomic mass is 10.2. The van der Waals surface area contributed by atoms with Gasteiger partial charge in [0.25, 0.3) is 0 Å². The fourth-order valence-electron chi connectivity index (χ4n) is 3.12. The Labute approximate surface area is 174 Å². The molecule has 0 amide bonds. The molecule has 1 aromatic rings. The molecule has 1 N–H and O–H groups in total. The van der Waals surface area contributed by atoms with Gasteiger partial charge in [-0.05, 0) is 38.5 Å². The number of benzene rings is 1. The van der Waals surface area contributed by atoms with E-state index < -0.39 is 10.0 Å². The molecule has 1 fully saturated rings. The van der Waals surface area contributed by atoms with Gasteiger partial charge in [0, 0.05) is 39.8 Å². The minimum Gasteiger partial charge on any atom is -0.494 e. The van der Waals surface area contributed by atoms with Crippen molar-refractivity contribution in [2.45, 2.75) is 33.4 Å². The molecular weight excluding hydrogens is 392 g/mol. The fraction of sp³-hybridized carbons (Fsp3) is 0.650. The molecule has 0 aliphatic carbocycles. The van der Waals surface area contributed by atoms with E-state index in [9.17, 15) is 8.42 Å². The van der Waals surface area contributed by atoms with Crippen molar-refractivity contribution < 1.29 is 17.9 Å². The Morgan fingerprint density at radius 2 is 1.97 bits per heavy atom. The number of guanidine groups is 1. The molecule has 1 heterocycles. The van der Waals surface area contributed by atoms with Crippen molar-refractivity contribution >= 4 is 16.0 Å². The maximum Gasteiger partial charge on any atom is 0.216 e. The molecule has 8 nitrogen and oxygen atoms in total. The first-order chi connectivity index (χ1) is 13.9. The van der Waals surface area contributed by atoms with E-state index in [4.69, 9.17) is 9.47 Å². The van der Waals surface area contributed by atoms with Crippen LogP contribution in [-0.2, 0) is 21.3 Å². The molecule has 164 valence electrons. The number of hydrogen-bond donors (Lipinski definition) is 1. The van der Waals surface area contributed by atoms with Crippen molar-refractivity contribution in [1.82, 2.24) is 14.5 Å². The summed E-state index contributed by atoms with van der Waals surface area (Å²) in [6, 6.07) is 7.95. The van der Waals surface area contributed by atoms with Gasteiger partial charge in [-0.25, -0.2) is 8.42 Å². The lowest BCUT2D eigenvalue weighted by molar-refractivity contribution is 0.0904. The van der Waals surface area contributed by atoms with Crippen molar-refractivity contribution in [1.29, 1.82) is 0 Å². The smallest absolute Gasteiger partial charge is 0.216 e. The van der Waals surface area contributed by atoms with Gasteiger partial charge in [-0.3, -0.25) is 4.99 Å². The van der Waals surface area contributed by atoms with Crippen LogP contribution in [0.2, 0.25) is 0 Å². The summed E-state index contributed by atoms with van der Waals surface area (Å²) in [6.45, 7) is 9.34. The molecule has 0 atom stereocenters. The second-order valence-electron chi connectivity index (χ2n) is 7.10. The molecule has 0 spiro atoms. The van der Waals surface area contributed by atoms with E-state index in [0.717, 1.165) is 17.3 Å². The normalized spacial score (nSPS) is 16.3. The Kier molecular flexibility index (Phi) is 9.19. The molecule has 1 saturated heterocycles. The van der Waals surface area contributed by atoms with Crippen LogP contribution in [0.1, 0.15) is 26.3 Å². The zero-order valence-electron chi connectivity index (χ0n) is 17.9. The highest BCUT2D eigenvalue weighted by Crippen LogP contribution is 2.14. The SMILES string of the molecule is CCOc1cccc(CNC(=NC)N2CCN(S(=O)(=O)CCOC(C)C)CC2)c1. The van der Waals surface area contributed by atoms with Gasteiger partial charge in [0.05, 0.1) is 25.1 Å². The van der Waals surface area contributed by atoms with Crippen LogP contribution >= 0.6 is 0 Å². The zero-order chi connectivity index (χ0) is 21.3. The van der Waals surface area contributed by atoms with E-state index >= 15 is 0 Å². The van der Waals surface area contributed by atoms with Crippen LogP contribution in [0.5, 0.6) is 5.75 Å². The van der Waals surface area contributed by atoms with Crippen molar-refractivity contribution in [2.24, 2.45) is 4.99 Å². The van der Waals surface area contributed by atoms with Crippen molar-refractivity contribution in [2.75, 3.05) is 52.2 Å². The number of ether oxygens (including phenoxy) is 2. The van der Waals surface area contributed by atoms with Crippen LogP contribution < -0.4 is 10.1 Å². The molecule has 1 aromatic carbocycles. The standard InChI is InChI=1S/C20H34N4O4S/c1-5-27-19-8-6-7-18(15-19)16-22-20(21-4)23-9-11-24(12-10-23)29(25,26)14-13-28-17(2)3/h6-8,15,17H,5,9-14,16H2,1-4H3,(H,21,22). The predicted molar refractivity (Wildman–Crippen MR) is 116 cm³/mol. The van der Waals surface area contributed by atoms with Crippen LogP contribution in [0.4, 0.5) is 0 Å². The minimum absolute atomic E-state index is 0.0221. The molecule has 0 aromatic heterocycles. The number of hydrogen-bond acceptors (Lipinski definition) is 5. The summed E-state index contributed by atoms with van der Waals surface area (Å²) in [6.07, 6.45) is 0.0330. The fourth-order valence-corrected chi connectivity index (χ4v) is 4.41. The lowest BCUT2D eigenvalue weighted by Crippen LogP contribution is -2.54. The molecule has 2 rings (SSSR count). The third-order valence-corrected chi connectivity index (χ3v) is 6.43. The zero-order valence-corrected chi connectivity index (χ0v) is 18.7. The van der Waals surface area contributed by atoms with E-state index in [1.54, 1.807) is 11.4 Å². The maximum atomic E-state index is 12.5. The largest absolute Gasteiger partial charge is 0.494 e. The maximum absolute atomic E-state index is 12.5. The average Bonchev–Trinajstić information content (AvgIpc) is 2.69. The molecule has 1 aliphatic heterocycles. The predicted octanol–water partition coefficient (Wildman–Crippen LogP) is 1.53. The van der Waals surface area contributed by atoms with Crippen LogP contribution in [0, 0.1) is 0 Å². The molecule has 29 heavy (non-hydrogen) atoms. The Hall–Kier alpha value is -1.84. The van der Waals surface area contributed by atoms with Crippen LogP contribution in [-0.4, -0.2) is 81.9 Å². The summed E-state index contributed by atoms with van der Waals surface area (Å²) in [5, 5.41) is 3.36. The van der Waals surface area contributed by atoms with E-state index in [0.29, 0.717) is 39.3 Å². The number of nitrogens with one attached hydrogen (secondary N) is 1. The van der Waals surface area contributed by atoms with Crippen LogP contribution in [0.25, 0.3) is 0 Å². The van der Waals surface area contributed by atoms with Crippen molar-refractivity contribution in [3.63, 3.8) is 0 Å².